The van der Waals surface area contributed by atoms with Crippen molar-refractivity contribution in [3.63, 3.8) is 0 Å². The van der Waals surface area contributed by atoms with Crippen LogP contribution in [0.1, 0.15) is 67.0 Å². The first kappa shape index (κ1) is 51.4. The van der Waals surface area contributed by atoms with E-state index in [4.69, 9.17) is 0 Å². The second kappa shape index (κ2) is 23.9. The third kappa shape index (κ3) is 12.3. The minimum absolute atomic E-state index is 0.996. The van der Waals surface area contributed by atoms with Gasteiger partial charge in [0.1, 0.15) is 0 Å². The van der Waals surface area contributed by atoms with Gasteiger partial charge in [-0.05, 0) is 192 Å². The minimum Gasteiger partial charge on any atom is -0.264 e. The molecule has 0 amide bonds. The lowest BCUT2D eigenvalue weighted by molar-refractivity contribution is 1.20. The zero-order valence-corrected chi connectivity index (χ0v) is 43.6. The van der Waals surface area contributed by atoms with Crippen molar-refractivity contribution >= 4 is 65.3 Å². The molecule has 9 aromatic heterocycles. The van der Waals surface area contributed by atoms with Crippen LogP contribution in [0.2, 0.25) is 0 Å². The van der Waals surface area contributed by atoms with Gasteiger partial charge in [-0.2, -0.15) is 0 Å². The van der Waals surface area contributed by atoms with Crippen LogP contribution < -0.4 is 0 Å². The van der Waals surface area contributed by atoms with Gasteiger partial charge in [-0.25, -0.2) is 0 Å². The van der Waals surface area contributed by atoms with Crippen molar-refractivity contribution in [1.29, 1.82) is 0 Å². The van der Waals surface area contributed by atoms with Gasteiger partial charge in [-0.1, -0.05) is 54.6 Å². The van der Waals surface area contributed by atoms with Gasteiger partial charge in [-0.3, -0.25) is 44.9 Å². The normalized spacial score (nSPS) is 10.5. The van der Waals surface area contributed by atoms with E-state index in [0.29, 0.717) is 0 Å². The number of para-hydroxylation sites is 1. The molecule has 0 aliphatic carbocycles. The average Bonchev–Trinajstić information content (AvgIpc) is 3.38. The maximum absolute atomic E-state index is 4.34. The largest absolute Gasteiger partial charge is 0.264 e. The molecular formula is C63H63N9. The van der Waals surface area contributed by atoms with Crippen molar-refractivity contribution in [3.8, 4) is 0 Å². The number of aromatic nitrogens is 9. The Kier molecular flexibility index (Phi) is 17.1. The summed E-state index contributed by atoms with van der Waals surface area (Å²) in [5.74, 6) is 0. The Bertz CT molecular complexity index is 2920. The van der Waals surface area contributed by atoms with Gasteiger partial charge in [0.15, 0.2) is 0 Å². The highest BCUT2D eigenvalue weighted by atomic mass is 14.8. The number of fused-ring (bicyclic) bond motifs is 6. The van der Waals surface area contributed by atoms with Crippen LogP contribution in [-0.2, 0) is 0 Å². The Morgan fingerprint density at radius 3 is 1.08 bits per heavy atom. The van der Waals surface area contributed by atoms with Crippen LogP contribution in [0, 0.1) is 83.1 Å². The summed E-state index contributed by atoms with van der Waals surface area (Å²) in [5, 5.41) is 8.75. The van der Waals surface area contributed by atoms with Crippen molar-refractivity contribution in [2.24, 2.45) is 0 Å². The lowest BCUT2D eigenvalue weighted by Crippen LogP contribution is -1.88. The molecule has 0 fully saturated rings. The number of hydrogen-bond donors (Lipinski definition) is 0. The number of pyridine rings is 9. The quantitative estimate of drug-likeness (QED) is 0.146. The van der Waals surface area contributed by atoms with E-state index in [2.05, 4.69) is 168 Å². The van der Waals surface area contributed by atoms with Crippen molar-refractivity contribution in [2.45, 2.75) is 83.1 Å². The highest BCUT2D eigenvalue weighted by molar-refractivity contribution is 5.89. The molecule has 0 bridgehead atoms. The molecule has 0 unspecified atom stereocenters. The van der Waals surface area contributed by atoms with Gasteiger partial charge < -0.3 is 0 Å². The lowest BCUT2D eigenvalue weighted by Gasteiger charge is -2.02. The standard InChI is InChI=1S/3C11H11N.3C10H10N2/c1-8-4-3-5-10-9(2)6-12-7-11(8)10;1-8-6-7-12-11-9(2)4-3-5-10(8)11;1-8-4-3-5-11-9(2)12-7-6-10(8)11;1-7-3-5-12-10-8(2)11-6-4-9(7)10;1-7-3-5-12-10-8(2)4-6-11-9(7)10;1-7-3-4-12-10-8(2)5-11-6-9(7)10/h3*3-7H,1-2H3;3*3-6H,1-2H3. The average molecular weight is 946 g/mol. The van der Waals surface area contributed by atoms with Crippen LogP contribution in [0.4, 0.5) is 0 Å². The molecule has 0 saturated heterocycles. The molecule has 0 saturated carbocycles. The fraction of sp³-hybridized carbons (Fsp3) is 0.190. The van der Waals surface area contributed by atoms with Crippen LogP contribution in [0.3, 0.4) is 0 Å². The molecule has 9 nitrogen and oxygen atoms in total. The number of rotatable bonds is 0. The van der Waals surface area contributed by atoms with E-state index >= 15 is 0 Å². The Balaban J connectivity index is 0.000000127. The molecule has 3 aromatic carbocycles. The first-order chi connectivity index (χ1) is 34.7. The Morgan fingerprint density at radius 1 is 0.208 bits per heavy atom. The molecule has 0 aliphatic rings. The summed E-state index contributed by atoms with van der Waals surface area (Å²) < 4.78 is 0. The molecule has 72 heavy (non-hydrogen) atoms. The van der Waals surface area contributed by atoms with Gasteiger partial charge in [0, 0.05) is 101 Å². The predicted molar refractivity (Wildman–Crippen MR) is 301 cm³/mol. The lowest BCUT2D eigenvalue weighted by atomic mass is 10.1. The van der Waals surface area contributed by atoms with E-state index in [0.717, 1.165) is 49.9 Å². The van der Waals surface area contributed by atoms with Crippen molar-refractivity contribution in [3.05, 3.63) is 232 Å². The summed E-state index contributed by atoms with van der Waals surface area (Å²) in [5.41, 5.74) is 19.7. The summed E-state index contributed by atoms with van der Waals surface area (Å²) in [6.45, 7) is 24.9. The summed E-state index contributed by atoms with van der Waals surface area (Å²) >= 11 is 0. The molecule has 0 N–H and O–H groups in total. The second-order valence-electron chi connectivity index (χ2n) is 18.1. The molecule has 12 aromatic rings. The van der Waals surface area contributed by atoms with Crippen molar-refractivity contribution in [2.75, 3.05) is 0 Å². The molecule has 0 spiro atoms. The Morgan fingerprint density at radius 2 is 0.556 bits per heavy atom. The van der Waals surface area contributed by atoms with Crippen molar-refractivity contribution < 1.29 is 0 Å². The van der Waals surface area contributed by atoms with E-state index in [9.17, 15) is 0 Å². The summed E-state index contributed by atoms with van der Waals surface area (Å²) in [7, 11) is 0. The predicted octanol–water partition coefficient (Wildman–Crippen LogP) is 15.3. The van der Waals surface area contributed by atoms with Crippen LogP contribution >= 0.6 is 0 Å². The molecule has 9 heteroatoms. The number of benzene rings is 3. The maximum Gasteiger partial charge on any atom is 0.0918 e. The van der Waals surface area contributed by atoms with Gasteiger partial charge in [0.2, 0.25) is 0 Å². The maximum atomic E-state index is 4.34. The van der Waals surface area contributed by atoms with E-state index in [1.807, 2.05) is 125 Å². The molecule has 0 aliphatic heterocycles. The summed E-state index contributed by atoms with van der Waals surface area (Å²) in [6.07, 6.45) is 20.4. The number of aryl methyl sites for hydroxylation is 12. The van der Waals surface area contributed by atoms with Gasteiger partial charge in [-0.15, -0.1) is 0 Å². The number of hydrogen-bond acceptors (Lipinski definition) is 9. The first-order valence-electron chi connectivity index (χ1n) is 24.1. The van der Waals surface area contributed by atoms with Crippen LogP contribution in [0.5, 0.6) is 0 Å². The highest BCUT2D eigenvalue weighted by Crippen LogP contribution is 2.23. The number of nitrogens with zero attached hydrogens (tertiary/aromatic N) is 9. The first-order valence-corrected chi connectivity index (χ1v) is 24.1. The smallest absolute Gasteiger partial charge is 0.0918 e. The molecular weight excluding hydrogens is 883 g/mol. The topological polar surface area (TPSA) is 116 Å². The summed E-state index contributed by atoms with van der Waals surface area (Å²) in [4.78, 5) is 38.2. The van der Waals surface area contributed by atoms with E-state index in [1.165, 1.54) is 82.4 Å². The van der Waals surface area contributed by atoms with E-state index < -0.39 is 0 Å². The highest BCUT2D eigenvalue weighted by Gasteiger charge is 2.04. The monoisotopic (exact) mass is 946 g/mol. The molecule has 0 atom stereocenters. The third-order valence-electron chi connectivity index (χ3n) is 12.8. The SMILES string of the molecule is Cc1cccc2c(C)nccc12.Cc1ccnc2c(C)cccc12.Cc1ccnc2c(C)ccnc12.Cc1ccnc2c(C)cncc12.Cc1ccnc2c(C)nccc12.Cc1cncc2c(C)cccc12. The fourth-order valence-electron chi connectivity index (χ4n) is 8.45. The Hall–Kier alpha value is -8.43. The van der Waals surface area contributed by atoms with Crippen molar-refractivity contribution in [1.82, 2.24) is 44.9 Å². The molecule has 12 rings (SSSR count). The van der Waals surface area contributed by atoms with Crippen LogP contribution in [0.15, 0.2) is 165 Å². The van der Waals surface area contributed by atoms with E-state index in [-0.39, 0.29) is 0 Å². The molecule has 9 heterocycles. The van der Waals surface area contributed by atoms with E-state index in [1.54, 1.807) is 0 Å². The zero-order chi connectivity index (χ0) is 51.3. The zero-order valence-electron chi connectivity index (χ0n) is 43.6. The second-order valence-corrected chi connectivity index (χ2v) is 18.1. The summed E-state index contributed by atoms with van der Waals surface area (Å²) in [6, 6.07) is 33.0. The molecule has 360 valence electrons. The van der Waals surface area contributed by atoms with Gasteiger partial charge in [0.25, 0.3) is 0 Å². The van der Waals surface area contributed by atoms with Gasteiger partial charge >= 0.3 is 0 Å². The minimum atomic E-state index is 0.996. The van der Waals surface area contributed by atoms with Gasteiger partial charge in [0.05, 0.1) is 33.3 Å². The van der Waals surface area contributed by atoms with Crippen LogP contribution in [0.25, 0.3) is 65.3 Å². The van der Waals surface area contributed by atoms with Crippen LogP contribution in [-0.4, -0.2) is 44.9 Å². The molecule has 0 radical (unpaired) electrons. The fourth-order valence-corrected chi connectivity index (χ4v) is 8.45. The third-order valence-corrected chi connectivity index (χ3v) is 12.8. The Labute approximate surface area is 423 Å².